The lowest BCUT2D eigenvalue weighted by Crippen LogP contribution is -2.51. The Morgan fingerprint density at radius 1 is 1.33 bits per heavy atom. The van der Waals surface area contributed by atoms with Crippen molar-refractivity contribution in [3.8, 4) is 0 Å². The van der Waals surface area contributed by atoms with Crippen LogP contribution >= 0.6 is 0 Å². The zero-order valence-electron chi connectivity index (χ0n) is 10.2. The molecule has 0 spiro atoms. The van der Waals surface area contributed by atoms with E-state index in [0.29, 0.717) is 6.42 Å². The molecule has 0 aliphatic rings. The van der Waals surface area contributed by atoms with Crippen molar-refractivity contribution in [2.45, 2.75) is 32.4 Å². The number of carboxylic acid groups (broad SMARTS) is 1. The lowest BCUT2D eigenvalue weighted by atomic mass is 10.2. The lowest BCUT2D eigenvalue weighted by Gasteiger charge is -2.17. The highest BCUT2D eigenvalue weighted by Gasteiger charge is 2.24. The molecule has 0 aromatic carbocycles. The number of carboxylic acids is 1. The third-order valence-corrected chi connectivity index (χ3v) is 3.68. The number of aliphatic hydroxyl groups is 1. The van der Waals surface area contributed by atoms with Crippen molar-refractivity contribution in [2.75, 3.05) is 12.4 Å². The van der Waals surface area contributed by atoms with Crippen molar-refractivity contribution < 1.29 is 28.2 Å². The van der Waals surface area contributed by atoms with Crippen LogP contribution in [0.5, 0.6) is 0 Å². The van der Waals surface area contributed by atoms with E-state index >= 15 is 0 Å². The minimum atomic E-state index is -3.56. The van der Waals surface area contributed by atoms with Gasteiger partial charge in [-0.3, -0.25) is 4.79 Å². The van der Waals surface area contributed by atoms with Crippen molar-refractivity contribution in [3.63, 3.8) is 0 Å². The number of hydrogen-bond acceptors (Lipinski definition) is 5. The second kappa shape index (κ2) is 7.29. The van der Waals surface area contributed by atoms with E-state index in [9.17, 15) is 18.0 Å². The first-order valence-corrected chi connectivity index (χ1v) is 7.02. The van der Waals surface area contributed by atoms with E-state index in [1.165, 1.54) is 6.92 Å². The number of amides is 1. The monoisotopic (exact) mass is 282 g/mol. The van der Waals surface area contributed by atoms with E-state index in [1.54, 1.807) is 6.92 Å². The molecule has 0 aromatic rings. The number of aliphatic carboxylic acids is 1. The van der Waals surface area contributed by atoms with E-state index in [1.807, 2.05) is 5.32 Å². The van der Waals surface area contributed by atoms with E-state index in [2.05, 4.69) is 4.72 Å². The minimum absolute atomic E-state index is 0.118. The largest absolute Gasteiger partial charge is 0.480 e. The molecule has 0 aliphatic heterocycles. The molecule has 0 aromatic heterocycles. The molecule has 4 N–H and O–H groups in total. The van der Waals surface area contributed by atoms with Gasteiger partial charge < -0.3 is 15.5 Å². The van der Waals surface area contributed by atoms with Gasteiger partial charge >= 0.3 is 5.97 Å². The number of carbonyl (C=O) groups excluding carboxylic acids is 1. The van der Waals surface area contributed by atoms with E-state index in [0.717, 1.165) is 0 Å². The lowest BCUT2D eigenvalue weighted by molar-refractivity contribution is -0.143. The summed E-state index contributed by atoms with van der Waals surface area (Å²) in [4.78, 5) is 22.0. The predicted octanol–water partition coefficient (Wildman–Crippen LogP) is -1.73. The van der Waals surface area contributed by atoms with Gasteiger partial charge in [-0.25, -0.2) is 17.9 Å². The van der Waals surface area contributed by atoms with Crippen molar-refractivity contribution in [3.05, 3.63) is 0 Å². The fraction of sp³-hybridized carbons (Fsp3) is 0.778. The normalized spacial score (nSPS) is 14.8. The Balaban J connectivity index is 4.48. The molecule has 8 nitrogen and oxygen atoms in total. The summed E-state index contributed by atoms with van der Waals surface area (Å²) in [6.07, 6.45) is 0.401. The minimum Gasteiger partial charge on any atom is -0.480 e. The number of aliphatic hydroxyl groups excluding tert-OH is 1. The van der Waals surface area contributed by atoms with E-state index < -0.39 is 40.6 Å². The Morgan fingerprint density at radius 3 is 2.28 bits per heavy atom. The van der Waals surface area contributed by atoms with Crippen molar-refractivity contribution in [1.29, 1.82) is 0 Å². The number of sulfonamides is 1. The third-order valence-electron chi connectivity index (χ3n) is 2.02. The van der Waals surface area contributed by atoms with Crippen LogP contribution in [0.2, 0.25) is 0 Å². The van der Waals surface area contributed by atoms with Crippen molar-refractivity contribution in [1.82, 2.24) is 10.0 Å². The average Bonchev–Trinajstić information content (AvgIpc) is 2.23. The van der Waals surface area contributed by atoms with Gasteiger partial charge in [-0.1, -0.05) is 6.92 Å². The molecule has 0 bridgehead atoms. The molecule has 0 rings (SSSR count). The summed E-state index contributed by atoms with van der Waals surface area (Å²) in [5.41, 5.74) is 0. The molecule has 9 heteroatoms. The molecular formula is C9H18N2O6S. The summed E-state index contributed by atoms with van der Waals surface area (Å²) in [5, 5.41) is 19.3. The molecule has 0 radical (unpaired) electrons. The van der Waals surface area contributed by atoms with Gasteiger partial charge in [-0.2, -0.15) is 0 Å². The van der Waals surface area contributed by atoms with Crippen LogP contribution in [0.1, 0.15) is 20.3 Å². The maximum Gasteiger partial charge on any atom is 0.328 e. The molecule has 0 saturated heterocycles. The van der Waals surface area contributed by atoms with Crippen LogP contribution in [0, 0.1) is 0 Å². The van der Waals surface area contributed by atoms with Crippen LogP contribution in [-0.2, 0) is 19.6 Å². The van der Waals surface area contributed by atoms with Crippen LogP contribution in [0.4, 0.5) is 0 Å². The standard InChI is InChI=1S/C9H18N2O6S/c1-3-4-18(16,17)11-6(2)8(13)10-7(5-12)9(14)15/h6-7,11-12H,3-5H2,1-2H3,(H,10,13)(H,14,15). The van der Waals surface area contributed by atoms with E-state index in [-0.39, 0.29) is 5.75 Å². The molecule has 2 atom stereocenters. The van der Waals surface area contributed by atoms with Gasteiger partial charge in [-0.05, 0) is 13.3 Å². The molecule has 2 unspecified atom stereocenters. The molecule has 1 amide bonds. The molecule has 0 aliphatic carbocycles. The maximum atomic E-state index is 11.5. The summed E-state index contributed by atoms with van der Waals surface area (Å²) in [6.45, 7) is 2.20. The Morgan fingerprint density at radius 2 is 1.89 bits per heavy atom. The highest BCUT2D eigenvalue weighted by Crippen LogP contribution is 1.94. The van der Waals surface area contributed by atoms with Crippen LogP contribution in [0.3, 0.4) is 0 Å². The number of nitrogens with one attached hydrogen (secondary N) is 2. The Bertz CT molecular complexity index is 394. The van der Waals surface area contributed by atoms with Gasteiger partial charge in [0.1, 0.15) is 6.04 Å². The molecule has 0 saturated carbocycles. The fourth-order valence-electron chi connectivity index (χ4n) is 1.13. The van der Waals surface area contributed by atoms with Crippen molar-refractivity contribution in [2.24, 2.45) is 0 Å². The zero-order valence-corrected chi connectivity index (χ0v) is 11.0. The number of rotatable bonds is 8. The van der Waals surface area contributed by atoms with E-state index in [4.69, 9.17) is 10.2 Å². The smallest absolute Gasteiger partial charge is 0.328 e. The summed E-state index contributed by atoms with van der Waals surface area (Å²) in [7, 11) is -3.56. The first-order chi connectivity index (χ1) is 8.23. The summed E-state index contributed by atoms with van der Waals surface area (Å²) < 4.78 is 24.9. The molecule has 18 heavy (non-hydrogen) atoms. The Labute approximate surface area is 105 Å². The summed E-state index contributed by atoms with van der Waals surface area (Å²) in [6, 6.07) is -2.55. The molecule has 106 valence electrons. The third kappa shape index (κ3) is 5.94. The Hall–Kier alpha value is -1.19. The topological polar surface area (TPSA) is 133 Å². The fourth-order valence-corrected chi connectivity index (χ4v) is 2.43. The van der Waals surface area contributed by atoms with Crippen LogP contribution in [0.25, 0.3) is 0 Å². The highest BCUT2D eigenvalue weighted by atomic mass is 32.2. The summed E-state index contributed by atoms with van der Waals surface area (Å²) >= 11 is 0. The predicted molar refractivity (Wildman–Crippen MR) is 63.3 cm³/mol. The van der Waals surface area contributed by atoms with Gasteiger partial charge in [0.05, 0.1) is 18.4 Å². The Kier molecular flexibility index (Phi) is 6.81. The SMILES string of the molecule is CCCS(=O)(=O)NC(C)C(=O)NC(CO)C(=O)O. The second-order valence-electron chi connectivity index (χ2n) is 3.74. The summed E-state index contributed by atoms with van der Waals surface area (Å²) in [5.74, 6) is -2.32. The van der Waals surface area contributed by atoms with Crippen LogP contribution in [0.15, 0.2) is 0 Å². The van der Waals surface area contributed by atoms with Gasteiger partial charge in [-0.15, -0.1) is 0 Å². The van der Waals surface area contributed by atoms with Crippen molar-refractivity contribution >= 4 is 21.9 Å². The first-order valence-electron chi connectivity index (χ1n) is 5.37. The zero-order chi connectivity index (χ0) is 14.3. The molecular weight excluding hydrogens is 264 g/mol. The quantitative estimate of drug-likeness (QED) is 0.418. The number of carbonyl (C=O) groups is 2. The number of hydrogen-bond donors (Lipinski definition) is 4. The van der Waals surface area contributed by atoms with Crippen LogP contribution < -0.4 is 10.0 Å². The van der Waals surface area contributed by atoms with Gasteiger partial charge in [0, 0.05) is 0 Å². The van der Waals surface area contributed by atoms with Crippen LogP contribution in [-0.4, -0.2) is 55.0 Å². The average molecular weight is 282 g/mol. The highest BCUT2D eigenvalue weighted by molar-refractivity contribution is 7.89. The molecule has 0 fully saturated rings. The first kappa shape index (κ1) is 16.8. The second-order valence-corrected chi connectivity index (χ2v) is 5.61. The van der Waals surface area contributed by atoms with Gasteiger partial charge in [0.2, 0.25) is 15.9 Å². The van der Waals surface area contributed by atoms with Gasteiger partial charge in [0.25, 0.3) is 0 Å². The molecule has 0 heterocycles. The van der Waals surface area contributed by atoms with Gasteiger partial charge in [0.15, 0.2) is 0 Å². The maximum absolute atomic E-state index is 11.5.